The number of benzene rings is 1. The number of rotatable bonds is 7. The third kappa shape index (κ3) is 6.02. The molecule has 6 nitrogen and oxygen atoms in total. The Bertz CT molecular complexity index is 926. The van der Waals surface area contributed by atoms with E-state index in [1.807, 2.05) is 0 Å². The van der Waals surface area contributed by atoms with Gasteiger partial charge in [-0.3, -0.25) is 9.59 Å². The molecule has 2 bridgehead atoms. The monoisotopic (exact) mass is 519 g/mol. The van der Waals surface area contributed by atoms with Gasteiger partial charge in [0.05, 0.1) is 10.9 Å². The maximum Gasteiger partial charge on any atom is 0.393 e. The van der Waals surface area contributed by atoms with E-state index in [1.165, 1.54) is 12.1 Å². The summed E-state index contributed by atoms with van der Waals surface area (Å²) in [5, 5.41) is 8.90. The van der Waals surface area contributed by atoms with Crippen molar-refractivity contribution >= 4 is 23.4 Å². The Morgan fingerprint density at radius 1 is 1.11 bits per heavy atom. The summed E-state index contributed by atoms with van der Waals surface area (Å²) < 4.78 is 57.4. The highest BCUT2D eigenvalue weighted by molar-refractivity contribution is 6.30. The molecule has 2 atom stereocenters. The van der Waals surface area contributed by atoms with Gasteiger partial charge in [0.15, 0.2) is 6.61 Å². The summed E-state index contributed by atoms with van der Waals surface area (Å²) >= 11 is 5.65. The van der Waals surface area contributed by atoms with E-state index >= 15 is 0 Å². The molecule has 2 unspecified atom stereocenters. The summed E-state index contributed by atoms with van der Waals surface area (Å²) in [6.45, 7) is -0.0538. The fourth-order valence-electron chi connectivity index (χ4n) is 5.53. The van der Waals surface area contributed by atoms with E-state index in [-0.39, 0.29) is 53.7 Å². The van der Waals surface area contributed by atoms with Crippen LogP contribution in [0.5, 0.6) is 5.75 Å². The van der Waals surface area contributed by atoms with E-state index in [9.17, 15) is 27.2 Å². The summed E-state index contributed by atoms with van der Waals surface area (Å²) in [5.74, 6) is -2.10. The number of piperidine rings is 1. The second-order valence-electron chi connectivity index (χ2n) is 10.1. The van der Waals surface area contributed by atoms with Gasteiger partial charge in [-0.25, -0.2) is 4.39 Å². The zero-order valence-corrected chi connectivity index (χ0v) is 20.0. The third-order valence-corrected chi connectivity index (χ3v) is 8.19. The Labute approximate surface area is 206 Å². The van der Waals surface area contributed by atoms with Crippen molar-refractivity contribution in [3.05, 3.63) is 29.0 Å². The van der Waals surface area contributed by atoms with Gasteiger partial charge in [0.25, 0.3) is 5.91 Å². The van der Waals surface area contributed by atoms with Gasteiger partial charge >= 0.3 is 6.18 Å². The number of ether oxygens (including phenoxy) is 1. The van der Waals surface area contributed by atoms with E-state index in [0.717, 1.165) is 6.07 Å². The summed E-state index contributed by atoms with van der Waals surface area (Å²) in [5.41, 5.74) is -0.877. The Morgan fingerprint density at radius 2 is 1.80 bits per heavy atom. The number of hydrogen-bond donors (Lipinski definition) is 3. The van der Waals surface area contributed by atoms with Gasteiger partial charge in [0.2, 0.25) is 5.91 Å². The average Bonchev–Trinajstić information content (AvgIpc) is 2.84. The van der Waals surface area contributed by atoms with Crippen LogP contribution in [0.4, 0.5) is 17.6 Å². The maximum atomic E-state index is 13.5. The van der Waals surface area contributed by atoms with Crippen LogP contribution in [0.3, 0.4) is 0 Å². The van der Waals surface area contributed by atoms with Crippen molar-refractivity contribution < 1.29 is 31.9 Å². The number of amides is 2. The van der Waals surface area contributed by atoms with Gasteiger partial charge in [-0.2, -0.15) is 13.2 Å². The zero-order chi connectivity index (χ0) is 25.3. The fourth-order valence-corrected chi connectivity index (χ4v) is 5.65. The lowest BCUT2D eigenvalue weighted by Gasteiger charge is -2.52. The Hall–Kier alpha value is -2.07. The summed E-state index contributed by atoms with van der Waals surface area (Å²) in [6, 6.07) is 3.82. The van der Waals surface area contributed by atoms with Gasteiger partial charge in [0.1, 0.15) is 11.6 Å². The van der Waals surface area contributed by atoms with Crippen LogP contribution in [0.25, 0.3) is 0 Å². The van der Waals surface area contributed by atoms with Crippen LogP contribution in [0.1, 0.15) is 51.4 Å². The minimum Gasteiger partial charge on any atom is -0.484 e. The van der Waals surface area contributed by atoms with Gasteiger partial charge in [0, 0.05) is 36.2 Å². The molecule has 1 saturated heterocycles. The second-order valence-corrected chi connectivity index (χ2v) is 10.5. The molecule has 1 aliphatic heterocycles. The quantitative estimate of drug-likeness (QED) is 0.474. The van der Waals surface area contributed by atoms with E-state index in [2.05, 4.69) is 16.0 Å². The zero-order valence-electron chi connectivity index (χ0n) is 19.3. The molecule has 11 heteroatoms. The van der Waals surface area contributed by atoms with Crippen LogP contribution in [0.15, 0.2) is 18.2 Å². The SMILES string of the molecule is O=C(COc1ccc(Cl)c(F)c1)NC12CCC(C(=O)NCC3CCC(C(F)(F)F)CN3)(CC1)CC2. The number of hydrogen-bond acceptors (Lipinski definition) is 4. The average molecular weight is 520 g/mol. The van der Waals surface area contributed by atoms with Crippen molar-refractivity contribution in [2.24, 2.45) is 11.3 Å². The summed E-state index contributed by atoms with van der Waals surface area (Å²) in [6.07, 6.45) is 0.151. The Kier molecular flexibility index (Phi) is 7.52. The van der Waals surface area contributed by atoms with Crippen LogP contribution < -0.4 is 20.7 Å². The standard InChI is InChI=1S/C24H30ClF4N3O3/c25-18-4-3-17(11-19(18)26)35-14-20(33)32-23-8-5-22(6-9-23,7-10-23)21(34)31-13-16-2-1-15(12-30-16)24(27,28)29/h3-4,11,15-16,30H,1-2,5-10,12-14H2,(H,31,34)(H,32,33). The van der Waals surface area contributed by atoms with E-state index in [4.69, 9.17) is 16.3 Å². The van der Waals surface area contributed by atoms with Crippen molar-refractivity contribution in [2.45, 2.75) is 69.1 Å². The summed E-state index contributed by atoms with van der Waals surface area (Å²) in [7, 11) is 0. The molecule has 35 heavy (non-hydrogen) atoms. The number of carbonyl (C=O) groups excluding carboxylic acids is 2. The van der Waals surface area contributed by atoms with Crippen LogP contribution in [0, 0.1) is 17.2 Å². The molecule has 2 amide bonds. The lowest BCUT2D eigenvalue weighted by atomic mass is 9.57. The first-order valence-corrected chi connectivity index (χ1v) is 12.4. The molecule has 1 heterocycles. The van der Waals surface area contributed by atoms with Gasteiger partial charge in [-0.05, 0) is 63.5 Å². The first-order chi connectivity index (χ1) is 16.5. The first kappa shape index (κ1) is 26.0. The predicted octanol–water partition coefficient (Wildman–Crippen LogP) is 4.11. The Balaban J connectivity index is 1.21. The van der Waals surface area contributed by atoms with Crippen LogP contribution in [0.2, 0.25) is 5.02 Å². The Morgan fingerprint density at radius 3 is 2.37 bits per heavy atom. The van der Waals surface area contributed by atoms with Crippen LogP contribution >= 0.6 is 11.6 Å². The molecule has 4 aliphatic rings. The lowest BCUT2D eigenvalue weighted by molar-refractivity contribution is -0.179. The largest absolute Gasteiger partial charge is 0.484 e. The van der Waals surface area contributed by atoms with Crippen molar-refractivity contribution in [1.82, 2.24) is 16.0 Å². The molecule has 1 aromatic carbocycles. The highest BCUT2D eigenvalue weighted by Crippen LogP contribution is 2.52. The molecule has 194 valence electrons. The fraction of sp³-hybridized carbons (Fsp3) is 0.667. The van der Waals surface area contributed by atoms with Crippen molar-refractivity contribution in [2.75, 3.05) is 19.7 Å². The van der Waals surface area contributed by atoms with Crippen LogP contribution in [-0.2, 0) is 9.59 Å². The lowest BCUT2D eigenvalue weighted by Crippen LogP contribution is -2.61. The molecular weight excluding hydrogens is 490 g/mol. The molecule has 0 spiro atoms. The van der Waals surface area contributed by atoms with Gasteiger partial charge in [-0.1, -0.05) is 11.6 Å². The second kappa shape index (κ2) is 10.1. The van der Waals surface area contributed by atoms with Crippen LogP contribution in [-0.4, -0.2) is 49.3 Å². The van der Waals surface area contributed by atoms with Gasteiger partial charge < -0.3 is 20.7 Å². The highest BCUT2D eigenvalue weighted by atomic mass is 35.5. The third-order valence-electron chi connectivity index (χ3n) is 7.88. The van der Waals surface area contributed by atoms with E-state index in [0.29, 0.717) is 51.5 Å². The molecule has 5 rings (SSSR count). The van der Waals surface area contributed by atoms with Crippen molar-refractivity contribution in [3.8, 4) is 5.75 Å². The van der Waals surface area contributed by atoms with Gasteiger partial charge in [-0.15, -0.1) is 0 Å². The minimum absolute atomic E-state index is 0.0253. The molecule has 0 aromatic heterocycles. The predicted molar refractivity (Wildman–Crippen MR) is 121 cm³/mol. The van der Waals surface area contributed by atoms with E-state index in [1.54, 1.807) is 0 Å². The smallest absolute Gasteiger partial charge is 0.393 e. The normalized spacial score (nSPS) is 30.5. The minimum atomic E-state index is -4.19. The number of fused-ring (bicyclic) bond motifs is 3. The molecule has 4 fully saturated rings. The molecular formula is C24H30ClF4N3O3. The topological polar surface area (TPSA) is 79.5 Å². The number of nitrogens with one attached hydrogen (secondary N) is 3. The van der Waals surface area contributed by atoms with E-state index < -0.39 is 23.3 Å². The number of halogens is 5. The molecule has 3 aliphatic carbocycles. The summed E-state index contributed by atoms with van der Waals surface area (Å²) in [4.78, 5) is 25.5. The number of carbonyl (C=O) groups is 2. The molecule has 0 radical (unpaired) electrons. The van der Waals surface area contributed by atoms with Crippen molar-refractivity contribution in [3.63, 3.8) is 0 Å². The maximum absolute atomic E-state index is 13.5. The first-order valence-electron chi connectivity index (χ1n) is 12.0. The molecule has 3 N–H and O–H groups in total. The molecule has 1 aromatic rings. The molecule has 3 saturated carbocycles. The van der Waals surface area contributed by atoms with Crippen molar-refractivity contribution in [1.29, 1.82) is 0 Å². The number of alkyl halides is 3. The highest BCUT2D eigenvalue weighted by Gasteiger charge is 2.53.